The zero-order valence-corrected chi connectivity index (χ0v) is 22.3. The van der Waals surface area contributed by atoms with E-state index in [1.54, 1.807) is 41.3 Å². The van der Waals surface area contributed by atoms with Gasteiger partial charge in [0, 0.05) is 24.2 Å². The Hall–Kier alpha value is -4.96. The molecule has 2 amide bonds. The monoisotopic (exact) mass is 573 g/mol. The average Bonchev–Trinajstić information content (AvgIpc) is 3.02. The second kappa shape index (κ2) is 12.3. The number of nitrogens with one attached hydrogen (secondary N) is 2. The van der Waals surface area contributed by atoms with Gasteiger partial charge in [0.05, 0.1) is 5.41 Å². The standard InChI is InChI=1S/C32H26F3N3O4/c33-26-11-5-22(6-12-26)21-1-3-24(4-2-21)30(40)38-19-17-32(18-20-38,25-9-15-28(35)16-10-25)31(41)42-37-36-29(39)23-7-13-27(34)14-8-23/h1-16,37H,17-20H2,(H,36,39). The summed E-state index contributed by atoms with van der Waals surface area (Å²) in [6, 6.07) is 23.3. The van der Waals surface area contributed by atoms with E-state index in [1.165, 1.54) is 48.5 Å². The van der Waals surface area contributed by atoms with Crippen LogP contribution in [0.1, 0.15) is 39.1 Å². The number of carbonyl (C=O) groups excluding carboxylic acids is 3. The third-order valence-corrected chi connectivity index (χ3v) is 7.42. The number of nitrogens with zero attached hydrogens (tertiary/aromatic N) is 1. The highest BCUT2D eigenvalue weighted by molar-refractivity contribution is 5.95. The van der Waals surface area contributed by atoms with Crippen molar-refractivity contribution in [2.75, 3.05) is 13.1 Å². The van der Waals surface area contributed by atoms with Gasteiger partial charge in [-0.25, -0.2) is 18.0 Å². The molecule has 0 spiro atoms. The predicted octanol–water partition coefficient (Wildman–Crippen LogP) is 5.34. The summed E-state index contributed by atoms with van der Waals surface area (Å²) in [5.74, 6) is -2.88. The molecule has 5 rings (SSSR count). The largest absolute Gasteiger partial charge is 0.350 e. The quantitative estimate of drug-likeness (QED) is 0.292. The Bertz CT molecular complexity index is 1570. The van der Waals surface area contributed by atoms with Crippen LogP contribution >= 0.6 is 0 Å². The van der Waals surface area contributed by atoms with Crippen LogP contribution in [0, 0.1) is 17.5 Å². The van der Waals surface area contributed by atoms with Crippen molar-refractivity contribution in [3.63, 3.8) is 0 Å². The van der Waals surface area contributed by atoms with Gasteiger partial charge in [-0.3, -0.25) is 15.0 Å². The molecule has 1 fully saturated rings. The number of hydrogen-bond acceptors (Lipinski definition) is 5. The van der Waals surface area contributed by atoms with Gasteiger partial charge in [0.25, 0.3) is 11.8 Å². The molecule has 0 bridgehead atoms. The highest BCUT2D eigenvalue weighted by atomic mass is 19.1. The van der Waals surface area contributed by atoms with E-state index in [-0.39, 0.29) is 43.2 Å². The Morgan fingerprint density at radius 2 is 1.10 bits per heavy atom. The van der Waals surface area contributed by atoms with E-state index >= 15 is 0 Å². The highest BCUT2D eigenvalue weighted by Gasteiger charge is 2.45. The van der Waals surface area contributed by atoms with Gasteiger partial charge in [-0.15, -0.1) is 0 Å². The molecule has 1 heterocycles. The molecule has 10 heteroatoms. The number of hydrogen-bond donors (Lipinski definition) is 2. The van der Waals surface area contributed by atoms with Crippen molar-refractivity contribution in [3.05, 3.63) is 131 Å². The molecule has 1 aliphatic heterocycles. The number of halogens is 3. The zero-order chi connectivity index (χ0) is 29.7. The molecular weight excluding hydrogens is 547 g/mol. The van der Waals surface area contributed by atoms with Gasteiger partial charge in [0.1, 0.15) is 17.5 Å². The summed E-state index contributed by atoms with van der Waals surface area (Å²) in [5, 5.41) is 0. The maximum atomic E-state index is 13.7. The summed E-state index contributed by atoms with van der Waals surface area (Å²) in [4.78, 5) is 45.8. The van der Waals surface area contributed by atoms with E-state index in [0.29, 0.717) is 11.1 Å². The van der Waals surface area contributed by atoms with Gasteiger partial charge < -0.3 is 9.74 Å². The summed E-state index contributed by atoms with van der Waals surface area (Å²) in [6.07, 6.45) is 0.370. The molecule has 0 aromatic heterocycles. The first-order valence-corrected chi connectivity index (χ1v) is 13.2. The lowest BCUT2D eigenvalue weighted by Crippen LogP contribution is -2.52. The summed E-state index contributed by atoms with van der Waals surface area (Å²) < 4.78 is 40.1. The number of carbonyl (C=O) groups is 3. The van der Waals surface area contributed by atoms with E-state index in [1.807, 2.05) is 0 Å². The van der Waals surface area contributed by atoms with Crippen molar-refractivity contribution in [1.82, 2.24) is 15.9 Å². The SMILES string of the molecule is O=C(NNOC(=O)C1(c2ccc(F)cc2)CCN(C(=O)c2ccc(-c3ccc(F)cc3)cc2)CC1)c1ccc(F)cc1. The van der Waals surface area contributed by atoms with Gasteiger partial charge in [0.2, 0.25) is 0 Å². The van der Waals surface area contributed by atoms with Crippen LogP contribution in [0.2, 0.25) is 0 Å². The minimum atomic E-state index is -1.22. The fourth-order valence-corrected chi connectivity index (χ4v) is 4.99. The average molecular weight is 574 g/mol. The molecule has 42 heavy (non-hydrogen) atoms. The van der Waals surface area contributed by atoms with Crippen LogP contribution in [0.25, 0.3) is 11.1 Å². The van der Waals surface area contributed by atoms with Gasteiger partial charge >= 0.3 is 5.97 Å². The van der Waals surface area contributed by atoms with Crippen LogP contribution in [0.4, 0.5) is 13.2 Å². The smallest absolute Gasteiger partial charge is 0.337 e. The van der Waals surface area contributed by atoms with Crippen LogP contribution < -0.4 is 11.0 Å². The van der Waals surface area contributed by atoms with E-state index in [2.05, 4.69) is 11.0 Å². The minimum Gasteiger partial charge on any atom is -0.350 e. The summed E-state index contributed by atoms with van der Waals surface area (Å²) >= 11 is 0. The van der Waals surface area contributed by atoms with Crippen molar-refractivity contribution < 1.29 is 32.4 Å². The Balaban J connectivity index is 1.26. The normalized spacial score (nSPS) is 14.2. The first-order valence-electron chi connectivity index (χ1n) is 13.2. The molecule has 0 saturated carbocycles. The molecule has 214 valence electrons. The second-order valence-electron chi connectivity index (χ2n) is 9.92. The second-order valence-corrected chi connectivity index (χ2v) is 9.92. The molecule has 0 unspecified atom stereocenters. The number of amides is 2. The van der Waals surface area contributed by atoms with Crippen molar-refractivity contribution in [2.45, 2.75) is 18.3 Å². The summed E-state index contributed by atoms with van der Waals surface area (Å²) in [5.41, 5.74) is 5.95. The number of piperidine rings is 1. The molecule has 1 aliphatic rings. The molecule has 4 aromatic carbocycles. The van der Waals surface area contributed by atoms with Gasteiger partial charge in [-0.05, 0) is 90.2 Å². The molecule has 7 nitrogen and oxygen atoms in total. The Kier molecular flexibility index (Phi) is 8.35. The number of hydrazine groups is 1. The van der Waals surface area contributed by atoms with Gasteiger partial charge in [0.15, 0.2) is 0 Å². The third kappa shape index (κ3) is 6.18. The van der Waals surface area contributed by atoms with Crippen molar-refractivity contribution >= 4 is 17.8 Å². The zero-order valence-electron chi connectivity index (χ0n) is 22.3. The van der Waals surface area contributed by atoms with E-state index in [0.717, 1.165) is 23.3 Å². The third-order valence-electron chi connectivity index (χ3n) is 7.42. The first-order chi connectivity index (χ1) is 20.2. The first kappa shape index (κ1) is 28.6. The predicted molar refractivity (Wildman–Crippen MR) is 148 cm³/mol. The Morgan fingerprint density at radius 3 is 1.64 bits per heavy atom. The summed E-state index contributed by atoms with van der Waals surface area (Å²) in [6.45, 7) is 0.430. The van der Waals surface area contributed by atoms with Crippen LogP contribution in [-0.2, 0) is 15.0 Å². The van der Waals surface area contributed by atoms with E-state index in [4.69, 9.17) is 4.84 Å². The maximum absolute atomic E-state index is 13.7. The van der Waals surface area contributed by atoms with Crippen LogP contribution in [0.5, 0.6) is 0 Å². The molecule has 0 radical (unpaired) electrons. The highest BCUT2D eigenvalue weighted by Crippen LogP contribution is 2.37. The van der Waals surface area contributed by atoms with Gasteiger partial charge in [-0.2, -0.15) is 0 Å². The lowest BCUT2D eigenvalue weighted by molar-refractivity contribution is -0.162. The van der Waals surface area contributed by atoms with Crippen LogP contribution in [0.3, 0.4) is 0 Å². The fourth-order valence-electron chi connectivity index (χ4n) is 4.99. The number of likely N-dealkylation sites (tertiary alicyclic amines) is 1. The van der Waals surface area contributed by atoms with Crippen LogP contribution in [-0.4, -0.2) is 35.8 Å². The van der Waals surface area contributed by atoms with Crippen molar-refractivity contribution in [3.8, 4) is 11.1 Å². The minimum absolute atomic E-state index is 0.144. The van der Waals surface area contributed by atoms with Crippen LogP contribution in [0.15, 0.2) is 97.1 Å². The van der Waals surface area contributed by atoms with E-state index in [9.17, 15) is 27.6 Å². The fraction of sp³-hybridized carbons (Fsp3) is 0.156. The lowest BCUT2D eigenvalue weighted by Gasteiger charge is -2.40. The number of rotatable bonds is 7. The van der Waals surface area contributed by atoms with Crippen molar-refractivity contribution in [2.24, 2.45) is 0 Å². The topological polar surface area (TPSA) is 87.7 Å². The molecular formula is C32H26F3N3O4. The molecule has 0 aliphatic carbocycles. The molecule has 4 aromatic rings. The maximum Gasteiger partial charge on any atom is 0.337 e. The van der Waals surface area contributed by atoms with Crippen molar-refractivity contribution in [1.29, 1.82) is 0 Å². The summed E-state index contributed by atoms with van der Waals surface area (Å²) in [7, 11) is 0. The molecule has 2 N–H and O–H groups in total. The number of benzene rings is 4. The molecule has 0 atom stereocenters. The Labute approximate surface area is 239 Å². The van der Waals surface area contributed by atoms with E-state index < -0.39 is 28.9 Å². The Morgan fingerprint density at radius 1 is 0.643 bits per heavy atom. The lowest BCUT2D eigenvalue weighted by atomic mass is 9.72. The molecule has 1 saturated heterocycles. The van der Waals surface area contributed by atoms with Gasteiger partial charge in [-0.1, -0.05) is 42.0 Å².